The summed E-state index contributed by atoms with van der Waals surface area (Å²) < 4.78 is 20.3. The number of esters is 1. The monoisotopic (exact) mass is 512 g/mol. The summed E-state index contributed by atoms with van der Waals surface area (Å²) in [4.78, 5) is 29.3. The molecule has 0 aliphatic carbocycles. The fourth-order valence-corrected chi connectivity index (χ4v) is 4.61. The quantitative estimate of drug-likeness (QED) is 0.335. The van der Waals surface area contributed by atoms with Crippen LogP contribution in [0.4, 0.5) is 10.1 Å². The Morgan fingerprint density at radius 1 is 0.868 bits per heavy atom. The van der Waals surface area contributed by atoms with Crippen LogP contribution in [-0.2, 0) is 16.0 Å². The van der Waals surface area contributed by atoms with Crippen molar-refractivity contribution >= 4 is 17.6 Å². The number of halogens is 1. The number of nitrogens with zero attached hydrogens (tertiary/aromatic N) is 4. The Hall–Kier alpha value is -4.46. The number of aromatic nitrogens is 2. The molecule has 0 saturated carbocycles. The number of anilines is 1. The van der Waals surface area contributed by atoms with Crippen molar-refractivity contribution in [2.24, 2.45) is 0 Å². The van der Waals surface area contributed by atoms with Gasteiger partial charge in [0.1, 0.15) is 5.82 Å². The number of hydrogen-bond acceptors (Lipinski definition) is 5. The number of ether oxygens (including phenoxy) is 1. The van der Waals surface area contributed by atoms with Crippen molar-refractivity contribution in [1.82, 2.24) is 14.7 Å². The lowest BCUT2D eigenvalue weighted by molar-refractivity contribution is -0.130. The number of benzene rings is 3. The summed E-state index contributed by atoms with van der Waals surface area (Å²) in [6, 6.07) is 25.5. The molecule has 1 aliphatic heterocycles. The number of carbonyl (C=O) groups excluding carboxylic acids is 2. The maximum Gasteiger partial charge on any atom is 0.358 e. The molecular formula is C30H29FN4O3. The highest BCUT2D eigenvalue weighted by Gasteiger charge is 2.22. The molecule has 1 aliphatic rings. The number of hydrogen-bond donors (Lipinski definition) is 0. The van der Waals surface area contributed by atoms with Crippen LogP contribution in [0.2, 0.25) is 0 Å². The van der Waals surface area contributed by atoms with Crippen LogP contribution in [-0.4, -0.2) is 59.3 Å². The molecule has 8 heteroatoms. The highest BCUT2D eigenvalue weighted by Crippen LogP contribution is 2.27. The fourth-order valence-electron chi connectivity index (χ4n) is 4.61. The maximum absolute atomic E-state index is 13.5. The molecule has 0 radical (unpaired) electrons. The van der Waals surface area contributed by atoms with Crippen LogP contribution in [0.3, 0.4) is 0 Å². The van der Waals surface area contributed by atoms with Gasteiger partial charge in [0.25, 0.3) is 0 Å². The lowest BCUT2D eigenvalue weighted by Gasteiger charge is -2.36. The van der Waals surface area contributed by atoms with Crippen molar-refractivity contribution in [2.45, 2.75) is 13.3 Å². The molecule has 0 spiro atoms. The Labute approximate surface area is 221 Å². The molecule has 0 bridgehead atoms. The fraction of sp³-hybridized carbons (Fsp3) is 0.233. The van der Waals surface area contributed by atoms with E-state index in [1.807, 2.05) is 59.5 Å². The number of carbonyl (C=O) groups is 2. The van der Waals surface area contributed by atoms with Crippen LogP contribution < -0.4 is 4.90 Å². The van der Waals surface area contributed by atoms with Gasteiger partial charge in [-0.25, -0.2) is 13.9 Å². The first kappa shape index (κ1) is 25.2. The minimum Gasteiger partial charge on any atom is -0.461 e. The van der Waals surface area contributed by atoms with E-state index in [1.165, 1.54) is 12.1 Å². The molecule has 4 aromatic rings. The van der Waals surface area contributed by atoms with E-state index in [4.69, 9.17) is 4.74 Å². The number of piperazine rings is 1. The minimum absolute atomic E-state index is 0.151. The summed E-state index contributed by atoms with van der Waals surface area (Å²) in [6.45, 7) is 4.84. The maximum atomic E-state index is 13.5. The number of rotatable bonds is 7. The van der Waals surface area contributed by atoms with Gasteiger partial charge in [-0.05, 0) is 55.0 Å². The van der Waals surface area contributed by atoms with Crippen molar-refractivity contribution in [3.05, 3.63) is 102 Å². The van der Waals surface area contributed by atoms with E-state index in [0.717, 1.165) is 29.9 Å². The molecule has 0 unspecified atom stereocenters. The lowest BCUT2D eigenvalue weighted by atomic mass is 10.1. The van der Waals surface area contributed by atoms with Crippen molar-refractivity contribution in [2.75, 3.05) is 37.7 Å². The van der Waals surface area contributed by atoms with Gasteiger partial charge in [-0.2, -0.15) is 5.10 Å². The van der Waals surface area contributed by atoms with Crippen LogP contribution in [0, 0.1) is 5.82 Å². The van der Waals surface area contributed by atoms with E-state index in [-0.39, 0.29) is 24.0 Å². The van der Waals surface area contributed by atoms with E-state index in [9.17, 15) is 14.0 Å². The Bertz CT molecular complexity index is 1390. The van der Waals surface area contributed by atoms with Gasteiger partial charge in [-0.1, -0.05) is 42.5 Å². The van der Waals surface area contributed by atoms with Gasteiger partial charge >= 0.3 is 5.97 Å². The predicted molar refractivity (Wildman–Crippen MR) is 144 cm³/mol. The third-order valence-corrected chi connectivity index (χ3v) is 6.62. The Morgan fingerprint density at radius 3 is 2.18 bits per heavy atom. The minimum atomic E-state index is -0.508. The topological polar surface area (TPSA) is 67.7 Å². The van der Waals surface area contributed by atoms with Crippen LogP contribution in [0.25, 0.3) is 16.9 Å². The SMILES string of the molecule is CCOC(=O)c1cc(-c2ccc(N3CCN(C(=O)Cc4ccccc4)CC3)cc2)n(-c2ccc(F)cc2)n1. The van der Waals surface area contributed by atoms with Crippen molar-refractivity contribution < 1.29 is 18.7 Å². The molecule has 1 saturated heterocycles. The molecule has 1 amide bonds. The summed E-state index contributed by atoms with van der Waals surface area (Å²) in [7, 11) is 0. The molecule has 1 aromatic heterocycles. The highest BCUT2D eigenvalue weighted by atomic mass is 19.1. The average Bonchev–Trinajstić information content (AvgIpc) is 3.40. The predicted octanol–water partition coefficient (Wildman–Crippen LogP) is 4.75. The van der Waals surface area contributed by atoms with E-state index in [1.54, 1.807) is 29.8 Å². The number of amides is 1. The molecule has 2 heterocycles. The normalized spacial score (nSPS) is 13.4. The second-order valence-corrected chi connectivity index (χ2v) is 9.10. The van der Waals surface area contributed by atoms with Gasteiger partial charge in [0, 0.05) is 37.4 Å². The van der Waals surface area contributed by atoms with Crippen LogP contribution in [0.1, 0.15) is 23.0 Å². The van der Waals surface area contributed by atoms with Gasteiger partial charge in [-0.15, -0.1) is 0 Å². The Morgan fingerprint density at radius 2 is 1.53 bits per heavy atom. The highest BCUT2D eigenvalue weighted by molar-refractivity contribution is 5.89. The summed E-state index contributed by atoms with van der Waals surface area (Å²) in [5.74, 6) is -0.706. The van der Waals surface area contributed by atoms with Gasteiger partial charge in [0.2, 0.25) is 5.91 Å². The largest absolute Gasteiger partial charge is 0.461 e. The Kier molecular flexibility index (Phi) is 7.49. The Balaban J connectivity index is 1.30. The zero-order valence-electron chi connectivity index (χ0n) is 21.2. The molecule has 3 aromatic carbocycles. The summed E-state index contributed by atoms with van der Waals surface area (Å²) in [5, 5.41) is 4.44. The molecule has 7 nitrogen and oxygen atoms in total. The first-order valence-electron chi connectivity index (χ1n) is 12.7. The molecule has 1 fully saturated rings. The summed E-state index contributed by atoms with van der Waals surface area (Å²) in [5.41, 5.74) is 4.47. The summed E-state index contributed by atoms with van der Waals surface area (Å²) in [6.07, 6.45) is 0.422. The first-order chi connectivity index (χ1) is 18.5. The van der Waals surface area contributed by atoms with Gasteiger partial charge in [-0.3, -0.25) is 4.79 Å². The average molecular weight is 513 g/mol. The van der Waals surface area contributed by atoms with Crippen LogP contribution >= 0.6 is 0 Å². The zero-order valence-corrected chi connectivity index (χ0v) is 21.2. The van der Waals surface area contributed by atoms with Gasteiger partial charge < -0.3 is 14.5 Å². The van der Waals surface area contributed by atoms with Crippen molar-refractivity contribution in [1.29, 1.82) is 0 Å². The standard InChI is InChI=1S/C30H29FN4O3/c1-2-38-30(37)27-21-28(35(32-27)26-14-10-24(31)11-15-26)23-8-12-25(13-9-23)33-16-18-34(19-17-33)29(36)20-22-6-4-3-5-7-22/h3-15,21H,2,16-20H2,1H3. The lowest BCUT2D eigenvalue weighted by Crippen LogP contribution is -2.49. The molecule has 194 valence electrons. The van der Waals surface area contributed by atoms with Gasteiger partial charge in [0.05, 0.1) is 24.4 Å². The van der Waals surface area contributed by atoms with Crippen LogP contribution in [0.5, 0.6) is 0 Å². The summed E-state index contributed by atoms with van der Waals surface area (Å²) >= 11 is 0. The third-order valence-electron chi connectivity index (χ3n) is 6.62. The molecule has 0 N–H and O–H groups in total. The smallest absolute Gasteiger partial charge is 0.358 e. The first-order valence-corrected chi connectivity index (χ1v) is 12.7. The van der Waals surface area contributed by atoms with E-state index in [2.05, 4.69) is 10.00 Å². The van der Waals surface area contributed by atoms with Crippen LogP contribution in [0.15, 0.2) is 84.9 Å². The van der Waals surface area contributed by atoms with E-state index < -0.39 is 5.97 Å². The van der Waals surface area contributed by atoms with E-state index >= 15 is 0 Å². The van der Waals surface area contributed by atoms with E-state index in [0.29, 0.717) is 30.9 Å². The molecule has 5 rings (SSSR count). The van der Waals surface area contributed by atoms with Crippen molar-refractivity contribution in [3.8, 4) is 16.9 Å². The molecule has 38 heavy (non-hydrogen) atoms. The molecular weight excluding hydrogens is 483 g/mol. The molecule has 0 atom stereocenters. The zero-order chi connectivity index (χ0) is 26.5. The van der Waals surface area contributed by atoms with Crippen molar-refractivity contribution in [3.63, 3.8) is 0 Å². The third kappa shape index (κ3) is 5.59. The van der Waals surface area contributed by atoms with Gasteiger partial charge in [0.15, 0.2) is 5.69 Å². The second-order valence-electron chi connectivity index (χ2n) is 9.10. The second kappa shape index (κ2) is 11.3.